The van der Waals surface area contributed by atoms with E-state index in [4.69, 9.17) is 16.3 Å². The Balaban J connectivity index is 1.35. The van der Waals surface area contributed by atoms with Crippen LogP contribution in [-0.4, -0.2) is 54.4 Å². The van der Waals surface area contributed by atoms with E-state index in [2.05, 4.69) is 15.6 Å². The number of benzene rings is 3. The van der Waals surface area contributed by atoms with Crippen LogP contribution in [0.4, 0.5) is 5.13 Å². The van der Waals surface area contributed by atoms with Crippen LogP contribution >= 0.6 is 22.9 Å². The maximum Gasteiger partial charge on any atom is 0.254 e. The van der Waals surface area contributed by atoms with Crippen molar-refractivity contribution in [1.29, 1.82) is 0 Å². The Morgan fingerprint density at radius 2 is 1.63 bits per heavy atom. The summed E-state index contributed by atoms with van der Waals surface area (Å²) in [6.45, 7) is 0.329. The van der Waals surface area contributed by atoms with Gasteiger partial charge in [-0.05, 0) is 41.8 Å². The normalized spacial score (nSPS) is 11.5. The fraction of sp³-hybridized carbons (Fsp3) is 0.226. The molecule has 0 aliphatic carbocycles. The van der Waals surface area contributed by atoms with Gasteiger partial charge in [0, 0.05) is 29.6 Å². The molecule has 0 aliphatic heterocycles. The molecule has 1 heterocycles. The lowest BCUT2D eigenvalue weighted by Gasteiger charge is -2.21. The second-order valence-corrected chi connectivity index (χ2v) is 10.6. The van der Waals surface area contributed by atoms with Crippen molar-refractivity contribution in [2.75, 3.05) is 32.1 Å². The zero-order valence-corrected chi connectivity index (χ0v) is 24.2. The van der Waals surface area contributed by atoms with Crippen molar-refractivity contribution in [3.05, 3.63) is 118 Å². The van der Waals surface area contributed by atoms with Crippen molar-refractivity contribution in [3.63, 3.8) is 0 Å². The Morgan fingerprint density at radius 1 is 0.951 bits per heavy atom. The van der Waals surface area contributed by atoms with E-state index in [0.29, 0.717) is 27.8 Å². The highest BCUT2D eigenvalue weighted by Crippen LogP contribution is 2.20. The molecular weight excluding hydrogens is 560 g/mol. The van der Waals surface area contributed by atoms with E-state index in [1.54, 1.807) is 29.6 Å². The molecule has 0 spiro atoms. The van der Waals surface area contributed by atoms with Gasteiger partial charge < -0.3 is 20.3 Å². The van der Waals surface area contributed by atoms with Gasteiger partial charge in [-0.1, -0.05) is 72.3 Å². The number of thiazole rings is 1. The highest BCUT2D eigenvalue weighted by atomic mass is 35.5. The van der Waals surface area contributed by atoms with Crippen LogP contribution in [0.2, 0.25) is 5.02 Å². The number of ether oxygens (including phenoxy) is 1. The lowest BCUT2D eigenvalue weighted by Crippen LogP contribution is -2.40. The molecule has 0 fully saturated rings. The number of anilines is 1. The Bertz CT molecular complexity index is 1430. The van der Waals surface area contributed by atoms with Crippen LogP contribution in [0, 0.1) is 0 Å². The topological polar surface area (TPSA) is 101 Å². The lowest BCUT2D eigenvalue weighted by atomic mass is 9.98. The molecule has 3 aromatic carbocycles. The number of carbonyl (C=O) groups is 3. The molecule has 4 rings (SSSR count). The summed E-state index contributed by atoms with van der Waals surface area (Å²) in [6, 6.07) is 26.1. The molecule has 1 unspecified atom stereocenters. The van der Waals surface area contributed by atoms with E-state index < -0.39 is 5.91 Å². The first-order chi connectivity index (χ1) is 19.9. The third-order valence-electron chi connectivity index (χ3n) is 6.24. The molecule has 1 atom stereocenters. The second-order valence-electron chi connectivity index (χ2n) is 9.32. The summed E-state index contributed by atoms with van der Waals surface area (Å²) in [4.78, 5) is 44.6. The van der Waals surface area contributed by atoms with Crippen molar-refractivity contribution in [3.8, 4) is 0 Å². The minimum atomic E-state index is -0.402. The van der Waals surface area contributed by atoms with Crippen LogP contribution in [0.3, 0.4) is 0 Å². The predicted octanol–water partition coefficient (Wildman–Crippen LogP) is 5.17. The van der Waals surface area contributed by atoms with E-state index in [0.717, 1.165) is 11.1 Å². The molecule has 10 heteroatoms. The van der Waals surface area contributed by atoms with Crippen molar-refractivity contribution in [1.82, 2.24) is 15.2 Å². The van der Waals surface area contributed by atoms with Gasteiger partial charge in [0.2, 0.25) is 11.8 Å². The van der Waals surface area contributed by atoms with E-state index in [1.807, 2.05) is 60.7 Å². The number of nitrogens with zero attached hydrogens (tertiary/aromatic N) is 2. The van der Waals surface area contributed by atoms with Gasteiger partial charge in [-0.15, -0.1) is 11.3 Å². The first-order valence-corrected chi connectivity index (χ1v) is 14.3. The smallest absolute Gasteiger partial charge is 0.254 e. The van der Waals surface area contributed by atoms with E-state index in [9.17, 15) is 14.4 Å². The summed E-state index contributed by atoms with van der Waals surface area (Å²) in [5.41, 5.74) is 3.10. The van der Waals surface area contributed by atoms with E-state index in [1.165, 1.54) is 23.3 Å². The van der Waals surface area contributed by atoms with Gasteiger partial charge in [0.1, 0.15) is 6.54 Å². The van der Waals surface area contributed by atoms with Gasteiger partial charge in [-0.3, -0.25) is 14.4 Å². The number of hydrogen-bond donors (Lipinski definition) is 2. The molecule has 0 saturated heterocycles. The minimum absolute atomic E-state index is 0.0690. The number of amides is 3. The van der Waals surface area contributed by atoms with Crippen molar-refractivity contribution in [2.45, 2.75) is 18.9 Å². The highest BCUT2D eigenvalue weighted by molar-refractivity contribution is 7.13. The number of methoxy groups -OCH3 is 1. The number of hydrogen-bond acceptors (Lipinski definition) is 6. The van der Waals surface area contributed by atoms with Crippen LogP contribution in [0.15, 0.2) is 90.3 Å². The summed E-state index contributed by atoms with van der Waals surface area (Å²) in [5, 5.41) is 8.48. The molecule has 0 bridgehead atoms. The highest BCUT2D eigenvalue weighted by Gasteiger charge is 2.20. The van der Waals surface area contributed by atoms with Gasteiger partial charge in [0.25, 0.3) is 5.91 Å². The zero-order valence-electron chi connectivity index (χ0n) is 22.6. The van der Waals surface area contributed by atoms with Crippen LogP contribution in [0.25, 0.3) is 0 Å². The number of nitrogens with one attached hydrogen (secondary N) is 2. The van der Waals surface area contributed by atoms with Gasteiger partial charge in [0.05, 0.1) is 24.8 Å². The Kier molecular flexibility index (Phi) is 11.0. The second kappa shape index (κ2) is 15.1. The van der Waals surface area contributed by atoms with Crippen molar-refractivity contribution in [2.24, 2.45) is 0 Å². The number of aromatic nitrogens is 1. The molecule has 0 saturated carbocycles. The van der Waals surface area contributed by atoms with Crippen LogP contribution in [0.5, 0.6) is 0 Å². The largest absolute Gasteiger partial charge is 0.383 e. The maximum atomic E-state index is 13.0. The Morgan fingerprint density at radius 3 is 2.32 bits per heavy atom. The molecule has 1 aromatic heterocycles. The summed E-state index contributed by atoms with van der Waals surface area (Å²) in [5.74, 6) is -0.883. The fourth-order valence-corrected chi connectivity index (χ4v) is 5.06. The maximum absolute atomic E-state index is 13.0. The van der Waals surface area contributed by atoms with Crippen LogP contribution in [0.1, 0.15) is 33.2 Å². The summed E-state index contributed by atoms with van der Waals surface area (Å²) in [6.07, 6.45) is 0.725. The molecule has 4 aromatic rings. The Labute approximate surface area is 248 Å². The van der Waals surface area contributed by atoms with Gasteiger partial charge in [-0.2, -0.15) is 0 Å². The van der Waals surface area contributed by atoms with Gasteiger partial charge in [-0.25, -0.2) is 4.98 Å². The summed E-state index contributed by atoms with van der Waals surface area (Å²) >= 11 is 7.16. The van der Waals surface area contributed by atoms with Gasteiger partial charge >= 0.3 is 0 Å². The summed E-state index contributed by atoms with van der Waals surface area (Å²) < 4.78 is 5.11. The molecule has 0 radical (unpaired) electrons. The van der Waals surface area contributed by atoms with Gasteiger partial charge in [0.15, 0.2) is 5.13 Å². The predicted molar refractivity (Wildman–Crippen MR) is 161 cm³/mol. The van der Waals surface area contributed by atoms with Crippen LogP contribution in [-0.2, 0) is 27.2 Å². The monoisotopic (exact) mass is 590 g/mol. The van der Waals surface area contributed by atoms with Crippen LogP contribution < -0.4 is 10.6 Å². The first kappa shape index (κ1) is 29.9. The lowest BCUT2D eigenvalue weighted by molar-refractivity contribution is -0.121. The SMILES string of the molecule is COCCN(CC(=O)Nc1nc(CC(=O)NC(Cc2ccccc2)c2ccccc2)cs1)C(=O)c1ccc(Cl)cc1. The van der Waals surface area contributed by atoms with E-state index >= 15 is 0 Å². The number of rotatable bonds is 13. The molecule has 0 aliphatic rings. The van der Waals surface area contributed by atoms with Crippen molar-refractivity contribution >= 4 is 45.8 Å². The first-order valence-electron chi connectivity index (χ1n) is 13.1. The molecule has 8 nitrogen and oxygen atoms in total. The number of halogens is 1. The Hall–Kier alpha value is -4.05. The molecular formula is C31H31ClN4O4S. The minimum Gasteiger partial charge on any atom is -0.383 e. The molecule has 41 heavy (non-hydrogen) atoms. The summed E-state index contributed by atoms with van der Waals surface area (Å²) in [7, 11) is 1.53. The average molecular weight is 591 g/mol. The quantitative estimate of drug-likeness (QED) is 0.224. The standard InChI is InChI=1S/C31H31ClN4O4S/c1-40-17-16-36(30(39)24-12-14-25(32)15-13-24)20-29(38)35-31-33-26(21-41-31)19-28(37)34-27(23-10-6-3-7-11-23)18-22-8-4-2-5-9-22/h2-15,21,27H,16-20H2,1H3,(H,34,37)(H,33,35,38). The molecule has 212 valence electrons. The molecule has 3 amide bonds. The zero-order chi connectivity index (χ0) is 29.0. The third kappa shape index (κ3) is 9.24. The molecule has 2 N–H and O–H groups in total. The third-order valence-corrected chi connectivity index (χ3v) is 7.30. The number of carbonyl (C=O) groups excluding carboxylic acids is 3. The fourth-order valence-electron chi connectivity index (χ4n) is 4.20. The van der Waals surface area contributed by atoms with E-state index in [-0.39, 0.29) is 44.0 Å². The van der Waals surface area contributed by atoms with Crippen molar-refractivity contribution < 1.29 is 19.1 Å². The average Bonchev–Trinajstić information content (AvgIpc) is 3.42.